The first-order valence-corrected chi connectivity index (χ1v) is 8.87. The highest BCUT2D eigenvalue weighted by Gasteiger charge is 2.32. The number of imidazole rings is 1. The van der Waals surface area contributed by atoms with E-state index in [0.29, 0.717) is 24.7 Å². The van der Waals surface area contributed by atoms with E-state index in [-0.39, 0.29) is 24.4 Å². The van der Waals surface area contributed by atoms with Crippen LogP contribution in [0.5, 0.6) is 0 Å². The maximum Gasteiger partial charge on any atom is 0.317 e. The van der Waals surface area contributed by atoms with Crippen molar-refractivity contribution in [2.45, 2.75) is 25.9 Å². The Labute approximate surface area is 157 Å². The SMILES string of the molecule is Cc1nccn1CCN(C)C(=O)N[C@@H]1CC(=O)N(c2cccc(Cl)c2)C1. The summed E-state index contributed by atoms with van der Waals surface area (Å²) in [6.07, 6.45) is 3.91. The molecule has 0 radical (unpaired) electrons. The number of hydrogen-bond donors (Lipinski definition) is 1. The molecule has 3 amide bonds. The number of carbonyl (C=O) groups is 2. The molecule has 1 aromatic carbocycles. The monoisotopic (exact) mass is 375 g/mol. The van der Waals surface area contributed by atoms with Crippen molar-refractivity contribution in [1.29, 1.82) is 0 Å². The number of halogens is 1. The van der Waals surface area contributed by atoms with Gasteiger partial charge in [-0.2, -0.15) is 0 Å². The second kappa shape index (κ2) is 7.78. The molecule has 3 rings (SSSR count). The van der Waals surface area contributed by atoms with Gasteiger partial charge in [-0.05, 0) is 25.1 Å². The van der Waals surface area contributed by atoms with Crippen LogP contribution in [0.2, 0.25) is 5.02 Å². The lowest BCUT2D eigenvalue weighted by atomic mass is 10.2. The Morgan fingerprint density at radius 3 is 2.96 bits per heavy atom. The van der Waals surface area contributed by atoms with Crippen LogP contribution in [-0.4, -0.2) is 52.6 Å². The highest BCUT2D eigenvalue weighted by atomic mass is 35.5. The van der Waals surface area contributed by atoms with Gasteiger partial charge in [0.2, 0.25) is 5.91 Å². The summed E-state index contributed by atoms with van der Waals surface area (Å²) in [5.74, 6) is 0.895. The van der Waals surface area contributed by atoms with Crippen LogP contribution in [0.1, 0.15) is 12.2 Å². The first-order valence-electron chi connectivity index (χ1n) is 8.49. The van der Waals surface area contributed by atoms with Crippen molar-refractivity contribution in [2.75, 3.05) is 25.0 Å². The highest BCUT2D eigenvalue weighted by Crippen LogP contribution is 2.24. The van der Waals surface area contributed by atoms with Crippen LogP contribution in [0.4, 0.5) is 10.5 Å². The predicted octanol–water partition coefficient (Wildman–Crippen LogP) is 2.29. The van der Waals surface area contributed by atoms with Gasteiger partial charge >= 0.3 is 6.03 Å². The van der Waals surface area contributed by atoms with Crippen LogP contribution < -0.4 is 10.2 Å². The molecule has 1 fully saturated rings. The summed E-state index contributed by atoms with van der Waals surface area (Å²) in [6.45, 7) is 3.60. The lowest BCUT2D eigenvalue weighted by Crippen LogP contribution is -2.45. The van der Waals surface area contributed by atoms with E-state index in [9.17, 15) is 9.59 Å². The number of nitrogens with one attached hydrogen (secondary N) is 1. The molecule has 0 saturated carbocycles. The van der Waals surface area contributed by atoms with E-state index in [1.54, 1.807) is 35.2 Å². The summed E-state index contributed by atoms with van der Waals surface area (Å²) in [6, 6.07) is 6.77. The molecule has 26 heavy (non-hydrogen) atoms. The Bertz CT molecular complexity index is 806. The molecule has 0 bridgehead atoms. The van der Waals surface area contributed by atoms with E-state index < -0.39 is 0 Å². The van der Waals surface area contributed by atoms with Crippen molar-refractivity contribution in [2.24, 2.45) is 0 Å². The van der Waals surface area contributed by atoms with Crippen LogP contribution in [0.15, 0.2) is 36.7 Å². The van der Waals surface area contributed by atoms with Crippen molar-refractivity contribution in [3.05, 3.63) is 47.5 Å². The summed E-state index contributed by atoms with van der Waals surface area (Å²) in [4.78, 5) is 32.1. The molecule has 7 nitrogen and oxygen atoms in total. The number of amides is 3. The minimum absolute atomic E-state index is 0.0192. The summed E-state index contributed by atoms with van der Waals surface area (Å²) >= 11 is 6.00. The number of anilines is 1. The number of nitrogens with zero attached hydrogens (tertiary/aromatic N) is 4. The maximum absolute atomic E-state index is 12.4. The molecular formula is C18H22ClN5O2. The minimum Gasteiger partial charge on any atom is -0.333 e. The fourth-order valence-corrected chi connectivity index (χ4v) is 3.17. The first kappa shape index (κ1) is 18.3. The van der Waals surface area contributed by atoms with Crippen molar-refractivity contribution in [3.8, 4) is 0 Å². The van der Waals surface area contributed by atoms with Gasteiger partial charge in [-0.15, -0.1) is 0 Å². The molecule has 138 valence electrons. The fraction of sp³-hybridized carbons (Fsp3) is 0.389. The molecule has 2 heterocycles. The summed E-state index contributed by atoms with van der Waals surface area (Å²) < 4.78 is 1.99. The zero-order valence-corrected chi connectivity index (χ0v) is 15.6. The van der Waals surface area contributed by atoms with Crippen LogP contribution in [0.3, 0.4) is 0 Å². The molecule has 0 aliphatic carbocycles. The van der Waals surface area contributed by atoms with E-state index >= 15 is 0 Å². The third-order valence-electron chi connectivity index (χ3n) is 4.52. The third kappa shape index (κ3) is 4.16. The molecule has 1 aliphatic rings. The molecule has 1 atom stereocenters. The molecule has 1 aliphatic heterocycles. The average Bonchev–Trinajstić information content (AvgIpc) is 3.18. The van der Waals surface area contributed by atoms with E-state index in [4.69, 9.17) is 11.6 Å². The van der Waals surface area contributed by atoms with Gasteiger partial charge in [0.1, 0.15) is 5.82 Å². The lowest BCUT2D eigenvalue weighted by Gasteiger charge is -2.22. The molecule has 0 unspecified atom stereocenters. The van der Waals surface area contributed by atoms with Gasteiger partial charge in [-0.3, -0.25) is 4.79 Å². The largest absolute Gasteiger partial charge is 0.333 e. The molecular weight excluding hydrogens is 354 g/mol. The number of hydrogen-bond acceptors (Lipinski definition) is 3. The van der Waals surface area contributed by atoms with E-state index in [0.717, 1.165) is 11.5 Å². The Morgan fingerprint density at radius 2 is 2.27 bits per heavy atom. The van der Waals surface area contributed by atoms with Crippen LogP contribution in [0.25, 0.3) is 0 Å². The highest BCUT2D eigenvalue weighted by molar-refractivity contribution is 6.30. The number of urea groups is 1. The number of benzene rings is 1. The Kier molecular flexibility index (Phi) is 5.46. The first-order chi connectivity index (χ1) is 12.4. The Morgan fingerprint density at radius 1 is 1.46 bits per heavy atom. The zero-order chi connectivity index (χ0) is 18.7. The second-order valence-electron chi connectivity index (χ2n) is 6.42. The van der Waals surface area contributed by atoms with E-state index in [1.807, 2.05) is 29.8 Å². The summed E-state index contributed by atoms with van der Waals surface area (Å²) in [5.41, 5.74) is 0.753. The standard InChI is InChI=1S/C18H22ClN5O2/c1-13-20-6-7-23(13)9-8-22(2)18(26)21-15-11-17(25)24(12-15)16-5-3-4-14(19)10-16/h3-7,10,15H,8-9,11-12H2,1-2H3,(H,21,26)/t15-/m1/s1. The molecule has 1 saturated heterocycles. The van der Waals surface area contributed by atoms with Gasteiger partial charge in [-0.1, -0.05) is 17.7 Å². The Hall–Kier alpha value is -2.54. The van der Waals surface area contributed by atoms with E-state index in [2.05, 4.69) is 10.3 Å². The summed E-state index contributed by atoms with van der Waals surface area (Å²) in [7, 11) is 1.74. The van der Waals surface area contributed by atoms with Crippen LogP contribution in [-0.2, 0) is 11.3 Å². The number of carbonyl (C=O) groups excluding carboxylic acids is 2. The van der Waals surface area contributed by atoms with Gasteiger partial charge < -0.3 is 19.7 Å². The Balaban J connectivity index is 1.53. The number of aryl methyl sites for hydroxylation is 1. The van der Waals surface area contributed by atoms with E-state index in [1.165, 1.54) is 0 Å². The zero-order valence-electron chi connectivity index (χ0n) is 14.9. The fourth-order valence-electron chi connectivity index (χ4n) is 2.98. The molecule has 2 aromatic rings. The van der Waals surface area contributed by atoms with Gasteiger partial charge in [0, 0.05) is 56.2 Å². The number of rotatable bonds is 5. The van der Waals surface area contributed by atoms with Gasteiger partial charge in [0.05, 0.1) is 6.04 Å². The van der Waals surface area contributed by atoms with Crippen LogP contribution >= 0.6 is 11.6 Å². The van der Waals surface area contributed by atoms with Crippen LogP contribution in [0, 0.1) is 6.92 Å². The van der Waals surface area contributed by atoms with Crippen molar-refractivity contribution in [3.63, 3.8) is 0 Å². The molecule has 1 N–H and O–H groups in total. The molecule has 1 aromatic heterocycles. The second-order valence-corrected chi connectivity index (χ2v) is 6.86. The number of likely N-dealkylation sites (N-methyl/N-ethyl adjacent to an activating group) is 1. The topological polar surface area (TPSA) is 70.5 Å². The predicted molar refractivity (Wildman–Crippen MR) is 100 cm³/mol. The summed E-state index contributed by atoms with van der Waals surface area (Å²) in [5, 5.41) is 3.52. The van der Waals surface area contributed by atoms with Crippen molar-refractivity contribution >= 4 is 29.2 Å². The number of aromatic nitrogens is 2. The average molecular weight is 376 g/mol. The van der Waals surface area contributed by atoms with Gasteiger partial charge in [0.15, 0.2) is 0 Å². The quantitative estimate of drug-likeness (QED) is 0.871. The van der Waals surface area contributed by atoms with Crippen molar-refractivity contribution < 1.29 is 9.59 Å². The minimum atomic E-state index is -0.216. The maximum atomic E-state index is 12.4. The third-order valence-corrected chi connectivity index (χ3v) is 4.75. The smallest absolute Gasteiger partial charge is 0.317 e. The molecule has 8 heteroatoms. The van der Waals surface area contributed by atoms with Crippen molar-refractivity contribution in [1.82, 2.24) is 19.8 Å². The molecule has 0 spiro atoms. The lowest BCUT2D eigenvalue weighted by molar-refractivity contribution is -0.117. The van der Waals surface area contributed by atoms with Gasteiger partial charge in [-0.25, -0.2) is 9.78 Å². The normalized spacial score (nSPS) is 16.8. The van der Waals surface area contributed by atoms with Gasteiger partial charge in [0.25, 0.3) is 0 Å².